The number of hydrogen-bond donors (Lipinski definition) is 4. The van der Waals surface area contributed by atoms with Gasteiger partial charge in [-0.3, -0.25) is 9.59 Å². The lowest BCUT2D eigenvalue weighted by Crippen LogP contribution is -2.17. The predicted molar refractivity (Wildman–Crippen MR) is 114 cm³/mol. The van der Waals surface area contributed by atoms with Crippen LogP contribution in [0.25, 0.3) is 0 Å². The number of hydrogen-bond acceptors (Lipinski definition) is 3. The molecule has 7 heteroatoms. The normalized spacial score (nSPS) is 11.0. The highest BCUT2D eigenvalue weighted by molar-refractivity contribution is 5.92. The molecule has 0 aromatic carbocycles. The summed E-state index contributed by atoms with van der Waals surface area (Å²) in [6, 6.07) is 1.98. The summed E-state index contributed by atoms with van der Waals surface area (Å²) < 4.78 is 0. The van der Waals surface area contributed by atoms with E-state index in [-0.39, 0.29) is 23.7 Å². The Kier molecular flexibility index (Phi) is 8.96. The molecule has 0 fully saturated rings. The molecule has 0 atom stereocenters. The molecule has 0 bridgehead atoms. The topological polar surface area (TPSA) is 103 Å². The van der Waals surface area contributed by atoms with E-state index in [1.165, 1.54) is 0 Å². The summed E-state index contributed by atoms with van der Waals surface area (Å²) in [5, 5.41) is 5.61. The highest BCUT2D eigenvalue weighted by Gasteiger charge is 2.10. The second-order valence-corrected chi connectivity index (χ2v) is 8.12. The molecule has 2 rings (SSSR count). The summed E-state index contributed by atoms with van der Waals surface area (Å²) in [6.07, 6.45) is 3.48. The average molecular weight is 390 g/mol. The number of nitrogens with zero attached hydrogens (tertiary/aromatic N) is 1. The lowest BCUT2D eigenvalue weighted by atomic mass is 10.1. The molecule has 0 unspecified atom stereocenters. The van der Waals surface area contributed by atoms with E-state index < -0.39 is 0 Å². The zero-order valence-electron chi connectivity index (χ0n) is 18.3. The van der Waals surface area contributed by atoms with Gasteiger partial charge < -0.3 is 20.6 Å². The van der Waals surface area contributed by atoms with Crippen LogP contribution >= 0.6 is 0 Å². The van der Waals surface area contributed by atoms with Gasteiger partial charge in [-0.25, -0.2) is 4.98 Å². The number of carbonyl (C=O) groups is 2. The smallest absolute Gasteiger partial charge is 0.228 e. The molecule has 0 aliphatic carbocycles. The van der Waals surface area contributed by atoms with Crippen molar-refractivity contribution in [3.8, 4) is 0 Å². The van der Waals surface area contributed by atoms with Crippen molar-refractivity contribution in [2.75, 3.05) is 10.6 Å². The summed E-state index contributed by atoms with van der Waals surface area (Å²) in [7, 11) is 0. The maximum Gasteiger partial charge on any atom is 0.228 e. The van der Waals surface area contributed by atoms with E-state index in [1.54, 1.807) is 6.20 Å². The third-order valence-corrected chi connectivity index (χ3v) is 4.04. The summed E-state index contributed by atoms with van der Waals surface area (Å²) in [5.41, 5.74) is 2.00. The maximum atomic E-state index is 11.4. The molecular weight excluding hydrogens is 354 g/mol. The van der Waals surface area contributed by atoms with Gasteiger partial charge in [-0.2, -0.15) is 0 Å². The van der Waals surface area contributed by atoms with Crippen molar-refractivity contribution in [3.63, 3.8) is 0 Å². The van der Waals surface area contributed by atoms with Crippen LogP contribution in [-0.2, 0) is 9.59 Å². The lowest BCUT2D eigenvalue weighted by Gasteiger charge is -2.04. The Hall–Kier alpha value is -2.57. The number of rotatable bonds is 6. The summed E-state index contributed by atoms with van der Waals surface area (Å²) in [5.74, 6) is 2.44. The van der Waals surface area contributed by atoms with Crippen molar-refractivity contribution in [2.45, 2.75) is 67.2 Å². The highest BCUT2D eigenvalue weighted by Crippen LogP contribution is 2.17. The molecule has 0 aliphatic heterocycles. The second-order valence-electron chi connectivity index (χ2n) is 8.12. The maximum absolute atomic E-state index is 11.4. The van der Waals surface area contributed by atoms with Gasteiger partial charge in [-0.1, -0.05) is 55.4 Å². The number of aromatic amines is 2. The molecule has 0 aliphatic rings. The highest BCUT2D eigenvalue weighted by atomic mass is 16.2. The van der Waals surface area contributed by atoms with E-state index in [0.29, 0.717) is 17.7 Å². The van der Waals surface area contributed by atoms with Crippen molar-refractivity contribution in [2.24, 2.45) is 11.8 Å². The minimum absolute atomic E-state index is 0.00366. The first-order valence-corrected chi connectivity index (χ1v) is 9.86. The molecule has 2 aromatic heterocycles. The van der Waals surface area contributed by atoms with E-state index in [1.807, 2.05) is 53.8 Å². The number of imidazole rings is 1. The molecule has 4 N–H and O–H groups in total. The standard InChI is InChI=1S/C11H18N2O.C10H17N3O/c1-7(2)10-5-9(6-12-10)13-11(14)8(3)4;1-6(2)9-11-5-8(12-9)13-10(14)7(3)4/h5-8,12H,1-4H3,(H,13,14);5-7H,1-4H3,(H,11,12)(H,13,14). The summed E-state index contributed by atoms with van der Waals surface area (Å²) in [6.45, 7) is 15.8. The van der Waals surface area contributed by atoms with E-state index in [4.69, 9.17) is 0 Å². The Balaban J connectivity index is 0.000000280. The van der Waals surface area contributed by atoms with Crippen molar-refractivity contribution in [1.82, 2.24) is 15.0 Å². The molecule has 2 amide bonds. The molecule has 2 aromatic rings. The van der Waals surface area contributed by atoms with Gasteiger partial charge in [-0.05, 0) is 12.0 Å². The Morgan fingerprint density at radius 2 is 1.46 bits per heavy atom. The van der Waals surface area contributed by atoms with E-state index in [9.17, 15) is 9.59 Å². The summed E-state index contributed by atoms with van der Waals surface area (Å²) >= 11 is 0. The first-order chi connectivity index (χ1) is 13.0. The fraction of sp³-hybridized carbons (Fsp3) is 0.571. The number of anilines is 2. The van der Waals surface area contributed by atoms with Gasteiger partial charge in [0.2, 0.25) is 11.8 Å². The Bertz CT molecular complexity index is 692. The van der Waals surface area contributed by atoms with Gasteiger partial charge in [0.25, 0.3) is 0 Å². The number of aromatic nitrogens is 3. The number of nitrogens with one attached hydrogen (secondary N) is 4. The SMILES string of the molecule is CC(C)C(=O)Nc1c[nH]c(C(C)C)c1.CC(C)C(=O)Nc1cnc(C(C)C)[nH]1. The molecule has 0 radical (unpaired) electrons. The van der Waals surface area contributed by atoms with Crippen LogP contribution in [0.15, 0.2) is 18.5 Å². The largest absolute Gasteiger partial charge is 0.363 e. The zero-order valence-corrected chi connectivity index (χ0v) is 18.3. The Morgan fingerprint density at radius 1 is 0.893 bits per heavy atom. The molecule has 2 heterocycles. The predicted octanol–water partition coefficient (Wildman–Crippen LogP) is 4.86. The fourth-order valence-corrected chi connectivity index (χ4v) is 2.07. The van der Waals surface area contributed by atoms with E-state index in [0.717, 1.165) is 17.2 Å². The third-order valence-electron chi connectivity index (χ3n) is 4.04. The van der Waals surface area contributed by atoms with Crippen molar-refractivity contribution < 1.29 is 9.59 Å². The molecule has 7 nitrogen and oxygen atoms in total. The van der Waals surface area contributed by atoms with Crippen LogP contribution in [0.2, 0.25) is 0 Å². The fourth-order valence-electron chi connectivity index (χ4n) is 2.07. The van der Waals surface area contributed by atoms with Crippen LogP contribution in [0, 0.1) is 11.8 Å². The third kappa shape index (κ3) is 7.58. The number of H-pyrrole nitrogens is 2. The van der Waals surface area contributed by atoms with Crippen molar-refractivity contribution in [1.29, 1.82) is 0 Å². The molecule has 0 spiro atoms. The Labute approximate surface area is 168 Å². The summed E-state index contributed by atoms with van der Waals surface area (Å²) in [4.78, 5) is 33.0. The van der Waals surface area contributed by atoms with Crippen LogP contribution in [0.5, 0.6) is 0 Å². The van der Waals surface area contributed by atoms with Gasteiger partial charge in [0.05, 0.1) is 11.9 Å². The van der Waals surface area contributed by atoms with Crippen LogP contribution < -0.4 is 10.6 Å². The molecule has 28 heavy (non-hydrogen) atoms. The van der Waals surface area contributed by atoms with Crippen molar-refractivity contribution >= 4 is 23.3 Å². The van der Waals surface area contributed by atoms with Gasteiger partial charge in [-0.15, -0.1) is 0 Å². The minimum Gasteiger partial charge on any atom is -0.363 e. The molecular formula is C21H35N5O2. The van der Waals surface area contributed by atoms with E-state index in [2.05, 4.69) is 39.4 Å². The zero-order chi connectivity index (χ0) is 21.4. The van der Waals surface area contributed by atoms with Gasteiger partial charge >= 0.3 is 0 Å². The number of amides is 2. The quantitative estimate of drug-likeness (QED) is 0.567. The van der Waals surface area contributed by atoms with Crippen LogP contribution in [0.1, 0.15) is 78.7 Å². The average Bonchev–Trinajstić information content (AvgIpc) is 3.24. The molecule has 156 valence electrons. The second kappa shape index (κ2) is 10.7. The minimum atomic E-state index is -0.0131. The molecule has 0 saturated carbocycles. The van der Waals surface area contributed by atoms with Crippen LogP contribution in [-0.4, -0.2) is 26.8 Å². The van der Waals surface area contributed by atoms with Gasteiger partial charge in [0, 0.05) is 29.6 Å². The first kappa shape index (κ1) is 23.5. The van der Waals surface area contributed by atoms with Crippen molar-refractivity contribution in [3.05, 3.63) is 30.0 Å². The Morgan fingerprint density at radius 3 is 1.89 bits per heavy atom. The van der Waals surface area contributed by atoms with Gasteiger partial charge in [0.1, 0.15) is 11.6 Å². The number of carbonyl (C=O) groups excluding carboxylic acids is 2. The monoisotopic (exact) mass is 389 g/mol. The van der Waals surface area contributed by atoms with Crippen LogP contribution in [0.3, 0.4) is 0 Å². The van der Waals surface area contributed by atoms with E-state index >= 15 is 0 Å². The lowest BCUT2D eigenvalue weighted by molar-refractivity contribution is -0.119. The first-order valence-electron chi connectivity index (χ1n) is 9.86. The van der Waals surface area contributed by atoms with Gasteiger partial charge in [0.15, 0.2) is 0 Å². The molecule has 0 saturated heterocycles. The van der Waals surface area contributed by atoms with Crippen LogP contribution in [0.4, 0.5) is 11.5 Å².